The van der Waals surface area contributed by atoms with Gasteiger partial charge in [-0.25, -0.2) is 4.68 Å². The molecule has 0 amide bonds. The molecule has 0 atom stereocenters. The number of ether oxygens (including phenoxy) is 2. The predicted molar refractivity (Wildman–Crippen MR) is 80.0 cm³/mol. The number of hydrogen-bond acceptors (Lipinski definition) is 6. The zero-order valence-electron chi connectivity index (χ0n) is 11.8. The zero-order chi connectivity index (χ0) is 15.1. The summed E-state index contributed by atoms with van der Waals surface area (Å²) in [5.41, 5.74) is 7.17. The lowest BCUT2D eigenvalue weighted by Gasteiger charge is -2.08. The normalized spacial score (nSPS) is 11.0. The van der Waals surface area contributed by atoms with E-state index in [-0.39, 0.29) is 0 Å². The number of anilines is 1. The summed E-state index contributed by atoms with van der Waals surface area (Å²) in [7, 11) is 1.64. The minimum atomic E-state index is 0.530. The Morgan fingerprint density at radius 1 is 1.29 bits per heavy atom. The number of nitrogens with zero attached hydrogens (tertiary/aromatic N) is 4. The average Bonchev–Trinajstić information content (AvgIpc) is 2.91. The lowest BCUT2D eigenvalue weighted by Crippen LogP contribution is -2.09. The molecule has 0 radical (unpaired) electrons. The van der Waals surface area contributed by atoms with Gasteiger partial charge in [-0.1, -0.05) is 17.7 Å². The Hall–Kier alpha value is -1.70. The van der Waals surface area contributed by atoms with Crippen molar-refractivity contribution in [2.45, 2.75) is 13.0 Å². The van der Waals surface area contributed by atoms with E-state index >= 15 is 0 Å². The number of halogens is 1. The number of tetrazole rings is 1. The maximum Gasteiger partial charge on any atom is 0.185 e. The van der Waals surface area contributed by atoms with Gasteiger partial charge in [-0.05, 0) is 29.0 Å². The van der Waals surface area contributed by atoms with Gasteiger partial charge in [0.15, 0.2) is 5.82 Å². The Morgan fingerprint density at radius 3 is 2.90 bits per heavy atom. The highest BCUT2D eigenvalue weighted by molar-refractivity contribution is 6.33. The van der Waals surface area contributed by atoms with E-state index in [4.69, 9.17) is 26.8 Å². The number of nitrogen functional groups attached to an aromatic ring is 1. The smallest absolute Gasteiger partial charge is 0.185 e. The molecule has 0 saturated carbocycles. The Morgan fingerprint density at radius 2 is 2.14 bits per heavy atom. The SMILES string of the molecule is COCCOCCCn1nnnc1-c1c(N)cccc1Cl. The summed E-state index contributed by atoms with van der Waals surface area (Å²) in [6, 6.07) is 5.33. The molecule has 0 bridgehead atoms. The van der Waals surface area contributed by atoms with Crippen LogP contribution in [0, 0.1) is 0 Å². The first-order valence-corrected chi connectivity index (χ1v) is 6.99. The highest BCUT2D eigenvalue weighted by Gasteiger charge is 2.15. The summed E-state index contributed by atoms with van der Waals surface area (Å²) in [5.74, 6) is 0.565. The van der Waals surface area contributed by atoms with Crippen molar-refractivity contribution in [3.63, 3.8) is 0 Å². The molecule has 0 saturated heterocycles. The molecule has 1 aromatic carbocycles. The average molecular weight is 312 g/mol. The van der Waals surface area contributed by atoms with Crippen molar-refractivity contribution < 1.29 is 9.47 Å². The van der Waals surface area contributed by atoms with E-state index in [9.17, 15) is 0 Å². The summed E-state index contributed by atoms with van der Waals surface area (Å²) in [6.07, 6.45) is 0.784. The summed E-state index contributed by atoms with van der Waals surface area (Å²) >= 11 is 6.18. The van der Waals surface area contributed by atoms with Crippen LogP contribution < -0.4 is 5.73 Å². The highest BCUT2D eigenvalue weighted by atomic mass is 35.5. The van der Waals surface area contributed by atoms with Crippen LogP contribution in [0.1, 0.15) is 6.42 Å². The summed E-state index contributed by atoms with van der Waals surface area (Å²) < 4.78 is 12.0. The van der Waals surface area contributed by atoms with Crippen molar-refractivity contribution in [1.82, 2.24) is 20.2 Å². The van der Waals surface area contributed by atoms with Crippen LogP contribution in [0.2, 0.25) is 5.02 Å². The minimum Gasteiger partial charge on any atom is -0.398 e. The molecule has 0 aliphatic heterocycles. The first-order chi connectivity index (χ1) is 10.2. The number of aryl methyl sites for hydroxylation is 1. The minimum absolute atomic E-state index is 0.530. The van der Waals surface area contributed by atoms with Gasteiger partial charge < -0.3 is 15.2 Å². The van der Waals surface area contributed by atoms with E-state index in [2.05, 4.69) is 15.5 Å². The number of hydrogen-bond donors (Lipinski definition) is 1. The van der Waals surface area contributed by atoms with E-state index in [0.717, 1.165) is 6.42 Å². The van der Waals surface area contributed by atoms with Gasteiger partial charge in [0.2, 0.25) is 0 Å². The number of methoxy groups -OCH3 is 1. The third-order valence-electron chi connectivity index (χ3n) is 2.89. The fourth-order valence-corrected chi connectivity index (χ4v) is 2.14. The van der Waals surface area contributed by atoms with Crippen LogP contribution in [0.15, 0.2) is 18.2 Å². The number of benzene rings is 1. The Balaban J connectivity index is 1.99. The van der Waals surface area contributed by atoms with Gasteiger partial charge in [0.25, 0.3) is 0 Å². The lowest BCUT2D eigenvalue weighted by atomic mass is 10.1. The molecule has 1 heterocycles. The maximum absolute atomic E-state index is 6.18. The second-order valence-electron chi connectivity index (χ2n) is 4.39. The van der Waals surface area contributed by atoms with Crippen LogP contribution in [-0.4, -0.2) is 47.1 Å². The van der Waals surface area contributed by atoms with Crippen LogP contribution in [0.25, 0.3) is 11.4 Å². The summed E-state index contributed by atoms with van der Waals surface area (Å²) in [5, 5.41) is 12.2. The number of nitrogens with two attached hydrogens (primary N) is 1. The van der Waals surface area contributed by atoms with E-state index in [0.29, 0.717) is 48.5 Å². The highest BCUT2D eigenvalue weighted by Crippen LogP contribution is 2.31. The third-order valence-corrected chi connectivity index (χ3v) is 3.21. The predicted octanol–water partition coefficient (Wildman–Crippen LogP) is 1.63. The van der Waals surface area contributed by atoms with Gasteiger partial charge in [-0.3, -0.25) is 0 Å². The molecule has 0 aliphatic carbocycles. The molecule has 2 aromatic rings. The van der Waals surface area contributed by atoms with Gasteiger partial charge in [-0.15, -0.1) is 5.10 Å². The van der Waals surface area contributed by atoms with Crippen molar-refractivity contribution in [3.05, 3.63) is 23.2 Å². The molecular weight excluding hydrogens is 294 g/mol. The monoisotopic (exact) mass is 311 g/mol. The number of aromatic nitrogens is 4. The van der Waals surface area contributed by atoms with Gasteiger partial charge in [0.1, 0.15) is 0 Å². The molecule has 7 nitrogen and oxygen atoms in total. The Kier molecular flexibility index (Phi) is 5.91. The van der Waals surface area contributed by atoms with E-state index in [1.807, 2.05) is 0 Å². The fraction of sp³-hybridized carbons (Fsp3) is 0.462. The van der Waals surface area contributed by atoms with Crippen LogP contribution in [0.4, 0.5) is 5.69 Å². The first kappa shape index (κ1) is 15.7. The largest absolute Gasteiger partial charge is 0.398 e. The van der Waals surface area contributed by atoms with Gasteiger partial charge in [-0.2, -0.15) is 0 Å². The number of rotatable bonds is 8. The van der Waals surface area contributed by atoms with Crippen LogP contribution in [0.5, 0.6) is 0 Å². The molecular formula is C13H18ClN5O2. The molecule has 114 valence electrons. The van der Waals surface area contributed by atoms with Crippen molar-refractivity contribution in [2.24, 2.45) is 0 Å². The molecule has 2 rings (SSSR count). The van der Waals surface area contributed by atoms with Gasteiger partial charge in [0.05, 0.1) is 23.8 Å². The molecule has 0 fully saturated rings. The van der Waals surface area contributed by atoms with Gasteiger partial charge >= 0.3 is 0 Å². The third kappa shape index (κ3) is 4.13. The fourth-order valence-electron chi connectivity index (χ4n) is 1.87. The zero-order valence-corrected chi connectivity index (χ0v) is 12.6. The first-order valence-electron chi connectivity index (χ1n) is 6.61. The van der Waals surface area contributed by atoms with Crippen molar-refractivity contribution >= 4 is 17.3 Å². The van der Waals surface area contributed by atoms with Crippen molar-refractivity contribution in [1.29, 1.82) is 0 Å². The molecule has 1 aromatic heterocycles. The second kappa shape index (κ2) is 7.92. The maximum atomic E-state index is 6.18. The summed E-state index contributed by atoms with van der Waals surface area (Å²) in [6.45, 7) is 2.41. The molecule has 8 heteroatoms. The lowest BCUT2D eigenvalue weighted by molar-refractivity contribution is 0.0677. The molecule has 0 aliphatic rings. The quantitative estimate of drug-likeness (QED) is 0.589. The molecule has 0 spiro atoms. The second-order valence-corrected chi connectivity index (χ2v) is 4.80. The molecule has 2 N–H and O–H groups in total. The van der Waals surface area contributed by atoms with Crippen LogP contribution in [0.3, 0.4) is 0 Å². The Bertz CT molecular complexity index is 555. The van der Waals surface area contributed by atoms with E-state index in [1.54, 1.807) is 30.0 Å². The van der Waals surface area contributed by atoms with Crippen molar-refractivity contribution in [2.75, 3.05) is 32.7 Å². The molecule has 21 heavy (non-hydrogen) atoms. The summed E-state index contributed by atoms with van der Waals surface area (Å²) in [4.78, 5) is 0. The standard InChI is InChI=1S/C13H18ClN5O2/c1-20-8-9-21-7-3-6-19-13(16-17-18-19)12-10(14)4-2-5-11(12)15/h2,4-5H,3,6-9,15H2,1H3. The van der Waals surface area contributed by atoms with Gasteiger partial charge in [0, 0.05) is 25.9 Å². The van der Waals surface area contributed by atoms with Crippen molar-refractivity contribution in [3.8, 4) is 11.4 Å². The Labute approximate surface area is 128 Å². The van der Waals surface area contributed by atoms with Crippen LogP contribution >= 0.6 is 11.6 Å². The van der Waals surface area contributed by atoms with E-state index < -0.39 is 0 Å². The topological polar surface area (TPSA) is 88.1 Å². The van der Waals surface area contributed by atoms with E-state index in [1.165, 1.54) is 0 Å². The van der Waals surface area contributed by atoms with Crippen LogP contribution in [-0.2, 0) is 16.0 Å². The molecule has 0 unspecified atom stereocenters.